The first kappa shape index (κ1) is 18.8. The third-order valence-electron chi connectivity index (χ3n) is 1.05. The molecule has 0 aromatic heterocycles. The number of halogens is 4. The molecule has 0 atom stereocenters. The molecule has 0 aliphatic rings. The molecule has 0 N–H and O–H groups in total. The fraction of sp³-hybridized carbons (Fsp3) is 0.400. The Morgan fingerprint density at radius 2 is 1.69 bits per heavy atom. The number of carbonyl (C=O) groups is 1. The van der Waals surface area contributed by atoms with Crippen molar-refractivity contribution >= 4 is 16.1 Å². The normalized spacial score (nSPS) is 12.6. The van der Waals surface area contributed by atoms with Crippen LogP contribution in [0.25, 0.3) is 0 Å². The van der Waals surface area contributed by atoms with Crippen molar-refractivity contribution in [2.24, 2.45) is 0 Å². The first-order valence-electron chi connectivity index (χ1n) is 3.02. The van der Waals surface area contributed by atoms with E-state index in [-0.39, 0.29) is 57.5 Å². The number of hydrogen-bond donors (Lipinski definition) is 0. The summed E-state index contributed by atoms with van der Waals surface area (Å²) in [6, 6.07) is 0. The summed E-state index contributed by atoms with van der Waals surface area (Å²) in [7, 11) is -6.66. The standard InChI is InChI=1S/C5H4F4O5S.K/c1-2-3(10)14-4(6,7)5(8,9)15(11,12)13;/h2H,1H2,(H,11,12,13);/q;+1/p-1. The summed E-state index contributed by atoms with van der Waals surface area (Å²) in [5.41, 5.74) is 0. The summed E-state index contributed by atoms with van der Waals surface area (Å²) < 4.78 is 81.2. The smallest absolute Gasteiger partial charge is 0.743 e. The van der Waals surface area contributed by atoms with Crippen LogP contribution in [0.5, 0.6) is 0 Å². The van der Waals surface area contributed by atoms with E-state index in [9.17, 15) is 35.3 Å². The Hall–Kier alpha value is 0.476. The van der Waals surface area contributed by atoms with Gasteiger partial charge in [-0.1, -0.05) is 6.58 Å². The van der Waals surface area contributed by atoms with Gasteiger partial charge >= 0.3 is 68.7 Å². The molecule has 11 heteroatoms. The van der Waals surface area contributed by atoms with E-state index in [0.29, 0.717) is 0 Å². The van der Waals surface area contributed by atoms with Crippen molar-refractivity contribution in [3.8, 4) is 0 Å². The van der Waals surface area contributed by atoms with E-state index in [1.807, 2.05) is 0 Å². The first-order chi connectivity index (χ1) is 6.45. The van der Waals surface area contributed by atoms with Crippen molar-refractivity contribution in [2.45, 2.75) is 11.4 Å². The van der Waals surface area contributed by atoms with Crippen LogP contribution in [0.3, 0.4) is 0 Å². The molecule has 5 nitrogen and oxygen atoms in total. The zero-order valence-corrected chi connectivity index (χ0v) is 11.7. The summed E-state index contributed by atoms with van der Waals surface area (Å²) >= 11 is 0. The molecule has 0 aromatic rings. The quantitative estimate of drug-likeness (QED) is 0.187. The minimum atomic E-state index is -6.66. The second-order valence-electron chi connectivity index (χ2n) is 2.11. The van der Waals surface area contributed by atoms with Crippen molar-refractivity contribution in [3.05, 3.63) is 12.7 Å². The van der Waals surface area contributed by atoms with Gasteiger partial charge in [-0.05, 0) is 0 Å². The molecule has 0 fully saturated rings. The zero-order valence-electron chi connectivity index (χ0n) is 7.75. The van der Waals surface area contributed by atoms with Gasteiger partial charge in [-0.3, -0.25) is 0 Å². The maximum Gasteiger partial charge on any atom is 1.00 e. The van der Waals surface area contributed by atoms with Gasteiger partial charge < -0.3 is 9.29 Å². The third kappa shape index (κ3) is 4.05. The van der Waals surface area contributed by atoms with Crippen LogP contribution >= 0.6 is 0 Å². The monoisotopic (exact) mass is 290 g/mol. The molecule has 0 rings (SSSR count). The Bertz CT molecular complexity index is 378. The summed E-state index contributed by atoms with van der Waals surface area (Å²) in [5, 5.41) is -6.04. The maximum atomic E-state index is 12.3. The van der Waals surface area contributed by atoms with Gasteiger partial charge in [0.2, 0.25) is 0 Å². The second kappa shape index (κ2) is 5.88. The second-order valence-corrected chi connectivity index (χ2v) is 3.53. The molecule has 0 heterocycles. The van der Waals surface area contributed by atoms with Gasteiger partial charge in [0.15, 0.2) is 10.1 Å². The van der Waals surface area contributed by atoms with E-state index in [1.165, 1.54) is 0 Å². The fourth-order valence-corrected chi connectivity index (χ4v) is 0.706. The Kier molecular flexibility index (Phi) is 6.93. The van der Waals surface area contributed by atoms with Gasteiger partial charge in [-0.15, -0.1) is 0 Å². The van der Waals surface area contributed by atoms with Crippen LogP contribution in [0.1, 0.15) is 0 Å². The van der Waals surface area contributed by atoms with E-state index in [1.54, 1.807) is 0 Å². The van der Waals surface area contributed by atoms with Crippen molar-refractivity contribution < 1.29 is 91.4 Å². The molecule has 0 bridgehead atoms. The van der Waals surface area contributed by atoms with Crippen molar-refractivity contribution in [1.82, 2.24) is 0 Å². The molecular formula is C5H3F4KO5S. The molecule has 16 heavy (non-hydrogen) atoms. The average Bonchev–Trinajstić information content (AvgIpc) is 2.00. The van der Waals surface area contributed by atoms with Crippen LogP contribution in [-0.2, 0) is 19.6 Å². The topological polar surface area (TPSA) is 83.5 Å². The van der Waals surface area contributed by atoms with E-state index in [2.05, 4.69) is 11.3 Å². The summed E-state index contributed by atoms with van der Waals surface area (Å²) in [5.74, 6) is -2.00. The SMILES string of the molecule is C=CC(=O)OC(F)(F)C(F)(F)S(=O)(=O)[O-].[K+]. The van der Waals surface area contributed by atoms with E-state index in [4.69, 9.17) is 0 Å². The number of alkyl halides is 4. The molecule has 0 saturated heterocycles. The molecule has 0 unspecified atom stereocenters. The minimum absolute atomic E-state index is 0. The largest absolute Gasteiger partial charge is 1.00 e. The van der Waals surface area contributed by atoms with E-state index in [0.717, 1.165) is 0 Å². The Balaban J connectivity index is 0. The van der Waals surface area contributed by atoms with Gasteiger partial charge in [0.05, 0.1) is 0 Å². The molecule has 0 radical (unpaired) electrons. The molecule has 0 amide bonds. The molecule has 88 valence electrons. The summed E-state index contributed by atoms with van der Waals surface area (Å²) in [6.07, 6.45) is -5.65. The van der Waals surface area contributed by atoms with Gasteiger partial charge in [-0.2, -0.15) is 17.6 Å². The maximum absolute atomic E-state index is 12.3. The summed E-state index contributed by atoms with van der Waals surface area (Å²) in [4.78, 5) is 10.2. The van der Waals surface area contributed by atoms with Crippen LogP contribution in [0, 0.1) is 0 Å². The van der Waals surface area contributed by atoms with Gasteiger partial charge in [0, 0.05) is 6.08 Å². The first-order valence-corrected chi connectivity index (χ1v) is 4.43. The Morgan fingerprint density at radius 1 is 1.31 bits per heavy atom. The van der Waals surface area contributed by atoms with Crippen LogP contribution in [0.15, 0.2) is 12.7 Å². The number of esters is 1. The molecule has 0 saturated carbocycles. The fourth-order valence-electron chi connectivity index (χ4n) is 0.373. The van der Waals surface area contributed by atoms with Crippen LogP contribution < -0.4 is 51.4 Å². The molecule has 0 aliphatic heterocycles. The number of rotatable bonds is 4. The molecule has 0 aliphatic carbocycles. The van der Waals surface area contributed by atoms with Gasteiger partial charge in [0.25, 0.3) is 0 Å². The third-order valence-corrected chi connectivity index (χ3v) is 1.91. The number of ether oxygens (including phenoxy) is 1. The van der Waals surface area contributed by atoms with Crippen molar-refractivity contribution in [3.63, 3.8) is 0 Å². The number of carbonyl (C=O) groups excluding carboxylic acids is 1. The van der Waals surface area contributed by atoms with Crippen LogP contribution in [0.2, 0.25) is 0 Å². The Labute approximate surface area is 130 Å². The predicted octanol–water partition coefficient (Wildman–Crippen LogP) is -2.55. The van der Waals surface area contributed by atoms with Crippen LogP contribution in [-0.4, -0.2) is 30.3 Å². The molecule has 0 aromatic carbocycles. The van der Waals surface area contributed by atoms with Crippen molar-refractivity contribution in [1.29, 1.82) is 0 Å². The average molecular weight is 290 g/mol. The van der Waals surface area contributed by atoms with Gasteiger partial charge in [-0.25, -0.2) is 13.2 Å². The summed E-state index contributed by atoms with van der Waals surface area (Å²) in [6.45, 7) is 2.61. The van der Waals surface area contributed by atoms with E-state index >= 15 is 0 Å². The van der Waals surface area contributed by atoms with Crippen molar-refractivity contribution in [2.75, 3.05) is 0 Å². The van der Waals surface area contributed by atoms with Gasteiger partial charge in [0.1, 0.15) is 0 Å². The van der Waals surface area contributed by atoms with Crippen LogP contribution in [0.4, 0.5) is 17.6 Å². The zero-order chi connectivity index (χ0) is 12.5. The Morgan fingerprint density at radius 3 is 1.94 bits per heavy atom. The minimum Gasteiger partial charge on any atom is -0.743 e. The molecular weight excluding hydrogens is 287 g/mol. The number of hydrogen-bond acceptors (Lipinski definition) is 5. The predicted molar refractivity (Wildman–Crippen MR) is 35.9 cm³/mol. The van der Waals surface area contributed by atoms with E-state index < -0.39 is 27.5 Å². The molecule has 0 spiro atoms.